The minimum atomic E-state index is -0.373. The zero-order valence-electron chi connectivity index (χ0n) is 10.9. The minimum absolute atomic E-state index is 0.196. The quantitative estimate of drug-likeness (QED) is 0.877. The summed E-state index contributed by atoms with van der Waals surface area (Å²) < 4.78 is 27.1. The third kappa shape index (κ3) is 3.11. The maximum atomic E-state index is 13.7. The molecule has 5 heteroatoms. The van der Waals surface area contributed by atoms with Gasteiger partial charge in [0.15, 0.2) is 0 Å². The first-order chi connectivity index (χ1) is 9.49. The second-order valence-corrected chi connectivity index (χ2v) is 4.91. The lowest BCUT2D eigenvalue weighted by atomic mass is 10.1. The summed E-state index contributed by atoms with van der Waals surface area (Å²) in [6.07, 6.45) is 0. The molecular formula is C15H14F2N2S. The Balaban J connectivity index is 2.32. The average Bonchev–Trinajstić information content (AvgIpc) is 2.38. The summed E-state index contributed by atoms with van der Waals surface area (Å²) in [5.41, 5.74) is 7.29. The molecule has 104 valence electrons. The summed E-state index contributed by atoms with van der Waals surface area (Å²) in [5.74, 6) is -0.704. The van der Waals surface area contributed by atoms with Crippen molar-refractivity contribution in [1.29, 1.82) is 0 Å². The van der Waals surface area contributed by atoms with E-state index in [0.717, 1.165) is 0 Å². The van der Waals surface area contributed by atoms with Crippen LogP contribution < -0.4 is 10.6 Å². The molecule has 0 saturated heterocycles. The Morgan fingerprint density at radius 2 is 1.90 bits per heavy atom. The Hall–Kier alpha value is -2.01. The number of anilines is 1. The highest BCUT2D eigenvalue weighted by Gasteiger charge is 2.12. The molecule has 0 spiro atoms. The van der Waals surface area contributed by atoms with Gasteiger partial charge in [0.2, 0.25) is 0 Å². The number of rotatable bonds is 4. The lowest BCUT2D eigenvalue weighted by molar-refractivity contribution is 0.619. The van der Waals surface area contributed by atoms with Crippen LogP contribution in [0, 0.1) is 11.6 Å². The van der Waals surface area contributed by atoms with Crippen molar-refractivity contribution in [2.24, 2.45) is 5.73 Å². The van der Waals surface area contributed by atoms with Crippen molar-refractivity contribution >= 4 is 22.9 Å². The lowest BCUT2D eigenvalue weighted by Gasteiger charge is -2.21. The molecule has 0 radical (unpaired) electrons. The molecule has 0 unspecified atom stereocenters. The first kappa shape index (κ1) is 14.4. The van der Waals surface area contributed by atoms with Crippen LogP contribution in [-0.4, -0.2) is 12.0 Å². The summed E-state index contributed by atoms with van der Waals surface area (Å²) >= 11 is 4.95. The van der Waals surface area contributed by atoms with E-state index in [-0.39, 0.29) is 16.6 Å². The largest absolute Gasteiger partial charge is 0.389 e. The molecule has 0 bridgehead atoms. The van der Waals surface area contributed by atoms with Gasteiger partial charge >= 0.3 is 0 Å². The van der Waals surface area contributed by atoms with E-state index in [2.05, 4.69) is 0 Å². The molecule has 0 aliphatic carbocycles. The fourth-order valence-corrected chi connectivity index (χ4v) is 2.23. The van der Waals surface area contributed by atoms with E-state index in [9.17, 15) is 8.78 Å². The highest BCUT2D eigenvalue weighted by Crippen LogP contribution is 2.21. The van der Waals surface area contributed by atoms with E-state index in [1.165, 1.54) is 18.2 Å². The fourth-order valence-electron chi connectivity index (χ4n) is 2.04. The average molecular weight is 292 g/mol. The molecule has 20 heavy (non-hydrogen) atoms. The standard InChI is InChI=1S/C15H14F2N2S/c1-19(14-5-3-2-4-13(14)17)9-10-8-11(16)6-7-12(10)15(18)20/h2-8H,9H2,1H3,(H2,18,20). The van der Waals surface area contributed by atoms with Gasteiger partial charge in [-0.15, -0.1) is 0 Å². The molecule has 0 aromatic heterocycles. The third-order valence-electron chi connectivity index (χ3n) is 3.00. The first-order valence-electron chi connectivity index (χ1n) is 6.03. The Morgan fingerprint density at radius 1 is 1.20 bits per heavy atom. The molecule has 0 fully saturated rings. The monoisotopic (exact) mass is 292 g/mol. The van der Waals surface area contributed by atoms with E-state index >= 15 is 0 Å². The van der Waals surface area contributed by atoms with Gasteiger partial charge in [-0.1, -0.05) is 24.4 Å². The predicted octanol–water partition coefficient (Wildman–Crippen LogP) is 3.24. The summed E-state index contributed by atoms with van der Waals surface area (Å²) in [4.78, 5) is 1.88. The number of benzene rings is 2. The van der Waals surface area contributed by atoms with Crippen molar-refractivity contribution in [3.05, 3.63) is 65.2 Å². The number of halogens is 2. The van der Waals surface area contributed by atoms with E-state index in [1.807, 2.05) is 0 Å². The molecule has 0 aliphatic heterocycles. The van der Waals surface area contributed by atoms with Gasteiger partial charge in [-0.2, -0.15) is 0 Å². The van der Waals surface area contributed by atoms with Gasteiger partial charge < -0.3 is 10.6 Å². The Bertz CT molecular complexity index is 644. The van der Waals surface area contributed by atoms with Gasteiger partial charge in [-0.05, 0) is 35.9 Å². The van der Waals surface area contributed by atoms with Gasteiger partial charge in [0.1, 0.15) is 16.6 Å². The molecule has 2 nitrogen and oxygen atoms in total. The maximum Gasteiger partial charge on any atom is 0.146 e. The normalized spacial score (nSPS) is 10.3. The number of nitrogens with two attached hydrogens (primary N) is 1. The SMILES string of the molecule is CN(Cc1cc(F)ccc1C(N)=S)c1ccccc1F. The molecule has 2 rings (SSSR count). The highest BCUT2D eigenvalue weighted by molar-refractivity contribution is 7.80. The zero-order chi connectivity index (χ0) is 14.7. The van der Waals surface area contributed by atoms with E-state index < -0.39 is 0 Å². The zero-order valence-corrected chi connectivity index (χ0v) is 11.8. The van der Waals surface area contributed by atoms with Gasteiger partial charge in [0.25, 0.3) is 0 Å². The van der Waals surface area contributed by atoms with Gasteiger partial charge in [0.05, 0.1) is 5.69 Å². The van der Waals surface area contributed by atoms with Crippen molar-refractivity contribution in [2.75, 3.05) is 11.9 Å². The van der Waals surface area contributed by atoms with Crippen LogP contribution in [-0.2, 0) is 6.54 Å². The smallest absolute Gasteiger partial charge is 0.146 e. The Morgan fingerprint density at radius 3 is 2.55 bits per heavy atom. The summed E-state index contributed by atoms with van der Waals surface area (Å²) in [5, 5.41) is 0. The molecule has 2 aromatic rings. The fraction of sp³-hybridized carbons (Fsp3) is 0.133. The molecule has 0 heterocycles. The Kier molecular flexibility index (Phi) is 4.29. The van der Waals surface area contributed by atoms with Crippen molar-refractivity contribution < 1.29 is 8.78 Å². The second kappa shape index (κ2) is 5.96. The number of para-hydroxylation sites is 1. The lowest BCUT2D eigenvalue weighted by Crippen LogP contribution is -2.21. The van der Waals surface area contributed by atoms with E-state index in [4.69, 9.17) is 18.0 Å². The van der Waals surface area contributed by atoms with E-state index in [1.54, 1.807) is 36.2 Å². The molecule has 2 N–H and O–H groups in total. The molecule has 0 amide bonds. The number of thiocarbonyl (C=S) groups is 1. The topological polar surface area (TPSA) is 29.3 Å². The van der Waals surface area contributed by atoms with Crippen molar-refractivity contribution in [3.8, 4) is 0 Å². The van der Waals surface area contributed by atoms with E-state index in [0.29, 0.717) is 23.4 Å². The van der Waals surface area contributed by atoms with Gasteiger partial charge in [-0.3, -0.25) is 0 Å². The number of hydrogen-bond donors (Lipinski definition) is 1. The van der Waals surface area contributed by atoms with Crippen LogP contribution >= 0.6 is 12.2 Å². The first-order valence-corrected chi connectivity index (χ1v) is 6.43. The molecule has 0 aliphatic rings. The number of nitrogens with zero attached hydrogens (tertiary/aromatic N) is 1. The van der Waals surface area contributed by atoms with Crippen molar-refractivity contribution in [1.82, 2.24) is 0 Å². The van der Waals surface area contributed by atoms with Crippen LogP contribution in [0.3, 0.4) is 0 Å². The molecule has 0 saturated carbocycles. The number of hydrogen-bond acceptors (Lipinski definition) is 2. The van der Waals surface area contributed by atoms with Crippen molar-refractivity contribution in [2.45, 2.75) is 6.54 Å². The summed E-state index contributed by atoms with van der Waals surface area (Å²) in [6, 6.07) is 10.6. The Labute approximate surface area is 121 Å². The van der Waals surface area contributed by atoms with Crippen LogP contribution in [0.15, 0.2) is 42.5 Å². The summed E-state index contributed by atoms with van der Waals surface area (Å²) in [6.45, 7) is 0.311. The maximum absolute atomic E-state index is 13.7. The molecule has 0 atom stereocenters. The van der Waals surface area contributed by atoms with Gasteiger partial charge in [0, 0.05) is 19.2 Å². The van der Waals surface area contributed by atoms with Crippen LogP contribution in [0.4, 0.5) is 14.5 Å². The van der Waals surface area contributed by atoms with Crippen molar-refractivity contribution in [3.63, 3.8) is 0 Å². The predicted molar refractivity (Wildman–Crippen MR) is 80.8 cm³/mol. The summed E-state index contributed by atoms with van der Waals surface area (Å²) in [7, 11) is 1.73. The second-order valence-electron chi connectivity index (χ2n) is 4.47. The third-order valence-corrected chi connectivity index (χ3v) is 3.22. The minimum Gasteiger partial charge on any atom is -0.389 e. The van der Waals surface area contributed by atoms with Crippen LogP contribution in [0.5, 0.6) is 0 Å². The molecular weight excluding hydrogens is 278 g/mol. The molecule has 2 aromatic carbocycles. The van der Waals surface area contributed by atoms with Crippen LogP contribution in [0.2, 0.25) is 0 Å². The van der Waals surface area contributed by atoms with Crippen LogP contribution in [0.25, 0.3) is 0 Å². The highest BCUT2D eigenvalue weighted by atomic mass is 32.1. The van der Waals surface area contributed by atoms with Gasteiger partial charge in [-0.25, -0.2) is 8.78 Å². The van der Waals surface area contributed by atoms with Crippen LogP contribution in [0.1, 0.15) is 11.1 Å².